The van der Waals surface area contributed by atoms with Crippen molar-refractivity contribution < 1.29 is 28.9 Å². The number of ether oxygens (including phenoxy) is 3. The highest BCUT2D eigenvalue weighted by Gasteiger charge is 2.48. The van der Waals surface area contributed by atoms with E-state index < -0.39 is 5.97 Å². The molecule has 134 valence electrons. The van der Waals surface area contributed by atoms with Gasteiger partial charge in [0.15, 0.2) is 0 Å². The molecule has 0 radical (unpaired) electrons. The van der Waals surface area contributed by atoms with Crippen molar-refractivity contribution in [1.82, 2.24) is 0 Å². The Hall–Kier alpha value is -1.14. The van der Waals surface area contributed by atoms with E-state index in [4.69, 9.17) is 19.3 Å². The van der Waals surface area contributed by atoms with Gasteiger partial charge < -0.3 is 19.3 Å². The lowest BCUT2D eigenvalue weighted by molar-refractivity contribution is -0.229. The molecule has 24 heavy (non-hydrogen) atoms. The first-order valence-electron chi connectivity index (χ1n) is 9.33. The molecule has 0 aromatic rings. The van der Waals surface area contributed by atoms with Gasteiger partial charge in [-0.15, -0.1) is 0 Å². The Balaban J connectivity index is 1.38. The third-order valence-electron chi connectivity index (χ3n) is 6.21. The summed E-state index contributed by atoms with van der Waals surface area (Å²) in [6.07, 6.45) is 7.89. The van der Waals surface area contributed by atoms with Crippen molar-refractivity contribution in [2.75, 3.05) is 0 Å². The van der Waals surface area contributed by atoms with Crippen molar-refractivity contribution in [3.63, 3.8) is 0 Å². The minimum absolute atomic E-state index is 0.0723. The van der Waals surface area contributed by atoms with E-state index in [2.05, 4.69) is 0 Å². The SMILES string of the molecule is O=C(O)CCCC(C(=O)OC1CCC2CC1O2)C1CCC2CC1O2. The largest absolute Gasteiger partial charge is 0.481 e. The predicted octanol–water partition coefficient (Wildman–Crippen LogP) is 2.29. The number of esters is 1. The van der Waals surface area contributed by atoms with Crippen LogP contribution in [0.3, 0.4) is 0 Å². The number of rotatable bonds is 7. The smallest absolute Gasteiger partial charge is 0.309 e. The van der Waals surface area contributed by atoms with E-state index in [9.17, 15) is 9.59 Å². The first kappa shape index (κ1) is 16.3. The lowest BCUT2D eigenvalue weighted by Crippen LogP contribution is -2.54. The summed E-state index contributed by atoms with van der Waals surface area (Å²) in [7, 11) is 0. The molecule has 7 atom stereocenters. The third kappa shape index (κ3) is 3.18. The molecule has 6 fully saturated rings. The molecule has 4 saturated heterocycles. The van der Waals surface area contributed by atoms with Gasteiger partial charge in [0, 0.05) is 19.3 Å². The highest BCUT2D eigenvalue weighted by atomic mass is 16.6. The molecule has 6 nitrogen and oxygen atoms in total. The van der Waals surface area contributed by atoms with Crippen LogP contribution in [0.2, 0.25) is 0 Å². The highest BCUT2D eigenvalue weighted by molar-refractivity contribution is 5.73. The van der Waals surface area contributed by atoms with Gasteiger partial charge in [0.05, 0.1) is 30.3 Å². The number of carbonyl (C=O) groups excluding carboxylic acids is 1. The van der Waals surface area contributed by atoms with Crippen LogP contribution in [0.25, 0.3) is 0 Å². The van der Waals surface area contributed by atoms with Crippen LogP contribution >= 0.6 is 0 Å². The van der Waals surface area contributed by atoms with Crippen LogP contribution in [0.5, 0.6) is 0 Å². The molecule has 4 heterocycles. The maximum Gasteiger partial charge on any atom is 0.309 e. The van der Waals surface area contributed by atoms with Crippen LogP contribution in [0.1, 0.15) is 57.8 Å². The van der Waals surface area contributed by atoms with E-state index in [1.165, 1.54) is 0 Å². The lowest BCUT2D eigenvalue weighted by atomic mass is 9.72. The van der Waals surface area contributed by atoms with Crippen LogP contribution in [0.4, 0.5) is 0 Å². The summed E-state index contributed by atoms with van der Waals surface area (Å²) in [5.41, 5.74) is 0. The van der Waals surface area contributed by atoms with Crippen molar-refractivity contribution in [2.45, 2.75) is 88.3 Å². The minimum Gasteiger partial charge on any atom is -0.481 e. The molecule has 0 spiro atoms. The number of carbonyl (C=O) groups is 2. The standard InChI is InChI=1S/C18H26O6/c19-17(20)3-1-2-13(12-6-4-10-8-15(12)22-10)18(21)24-14-7-5-11-9-16(14)23-11/h10-16H,1-9H2,(H,19,20). The van der Waals surface area contributed by atoms with Gasteiger partial charge in [-0.1, -0.05) is 0 Å². The molecule has 0 aromatic heterocycles. The number of carboxylic acid groups (broad SMARTS) is 1. The first-order valence-corrected chi connectivity index (χ1v) is 9.33. The highest BCUT2D eigenvalue weighted by Crippen LogP contribution is 2.44. The summed E-state index contributed by atoms with van der Waals surface area (Å²) in [5.74, 6) is -1.05. The zero-order chi connectivity index (χ0) is 16.7. The fraction of sp³-hybridized carbons (Fsp3) is 0.889. The summed E-state index contributed by atoms with van der Waals surface area (Å²) >= 11 is 0. The first-order chi connectivity index (χ1) is 11.6. The number of fused-ring (bicyclic) bond motifs is 4. The molecule has 6 aliphatic rings. The van der Waals surface area contributed by atoms with E-state index in [0.717, 1.165) is 38.5 Å². The molecule has 4 bridgehead atoms. The topological polar surface area (TPSA) is 82.1 Å². The lowest BCUT2D eigenvalue weighted by Gasteiger charge is -2.49. The average Bonchev–Trinajstić information content (AvgIpc) is 2.49. The molecule has 2 saturated carbocycles. The molecular formula is C18H26O6. The molecule has 0 amide bonds. The van der Waals surface area contributed by atoms with Gasteiger partial charge in [-0.2, -0.15) is 0 Å². The molecule has 2 aliphatic carbocycles. The van der Waals surface area contributed by atoms with E-state index >= 15 is 0 Å². The molecule has 4 aliphatic heterocycles. The van der Waals surface area contributed by atoms with E-state index in [1.54, 1.807) is 0 Å². The predicted molar refractivity (Wildman–Crippen MR) is 83.4 cm³/mol. The molecule has 7 unspecified atom stereocenters. The summed E-state index contributed by atoms with van der Waals surface area (Å²) in [4.78, 5) is 23.6. The van der Waals surface area contributed by atoms with E-state index in [1.807, 2.05) is 0 Å². The maximum absolute atomic E-state index is 12.8. The molecule has 6 heteroatoms. The van der Waals surface area contributed by atoms with Crippen molar-refractivity contribution in [1.29, 1.82) is 0 Å². The Morgan fingerprint density at radius 1 is 1.04 bits per heavy atom. The monoisotopic (exact) mass is 338 g/mol. The number of carboxylic acids is 1. The fourth-order valence-corrected chi connectivity index (χ4v) is 4.79. The van der Waals surface area contributed by atoms with Crippen molar-refractivity contribution in [2.24, 2.45) is 11.8 Å². The third-order valence-corrected chi connectivity index (χ3v) is 6.21. The van der Waals surface area contributed by atoms with E-state index in [0.29, 0.717) is 25.0 Å². The van der Waals surface area contributed by atoms with E-state index in [-0.39, 0.29) is 42.5 Å². The van der Waals surface area contributed by atoms with Crippen LogP contribution < -0.4 is 0 Å². The van der Waals surface area contributed by atoms with Crippen LogP contribution in [-0.2, 0) is 23.8 Å². The van der Waals surface area contributed by atoms with Crippen LogP contribution in [0, 0.1) is 11.8 Å². The Morgan fingerprint density at radius 3 is 2.25 bits per heavy atom. The van der Waals surface area contributed by atoms with Crippen LogP contribution in [0.15, 0.2) is 0 Å². The van der Waals surface area contributed by atoms with Crippen molar-refractivity contribution in [3.05, 3.63) is 0 Å². The van der Waals surface area contributed by atoms with Crippen molar-refractivity contribution >= 4 is 11.9 Å². The van der Waals surface area contributed by atoms with Gasteiger partial charge in [0.25, 0.3) is 0 Å². The second kappa shape index (κ2) is 6.64. The summed E-state index contributed by atoms with van der Waals surface area (Å²) in [6.45, 7) is 0. The Bertz CT molecular complexity index is 488. The summed E-state index contributed by atoms with van der Waals surface area (Å²) in [6, 6.07) is 0. The molecule has 1 N–H and O–H groups in total. The van der Waals surface area contributed by atoms with Crippen molar-refractivity contribution in [3.8, 4) is 0 Å². The van der Waals surface area contributed by atoms with Gasteiger partial charge in [0.2, 0.25) is 0 Å². The number of hydrogen-bond acceptors (Lipinski definition) is 5. The van der Waals surface area contributed by atoms with Crippen LogP contribution in [-0.4, -0.2) is 47.6 Å². The maximum atomic E-state index is 12.8. The van der Waals surface area contributed by atoms with Gasteiger partial charge in [-0.25, -0.2) is 0 Å². The van der Waals surface area contributed by atoms with Gasteiger partial charge in [-0.05, 0) is 44.4 Å². The Kier molecular flexibility index (Phi) is 4.52. The zero-order valence-electron chi connectivity index (χ0n) is 13.9. The van der Waals surface area contributed by atoms with Gasteiger partial charge in [0.1, 0.15) is 6.10 Å². The Morgan fingerprint density at radius 2 is 1.71 bits per heavy atom. The van der Waals surface area contributed by atoms with Gasteiger partial charge >= 0.3 is 11.9 Å². The zero-order valence-corrected chi connectivity index (χ0v) is 13.9. The quantitative estimate of drug-likeness (QED) is 0.717. The second-order valence-corrected chi connectivity index (χ2v) is 7.75. The normalized spacial score (nSPS) is 40.8. The second-order valence-electron chi connectivity index (χ2n) is 7.75. The number of aliphatic carboxylic acids is 1. The summed E-state index contributed by atoms with van der Waals surface area (Å²) in [5, 5.41) is 8.88. The summed E-state index contributed by atoms with van der Waals surface area (Å²) < 4.78 is 17.3. The van der Waals surface area contributed by atoms with Gasteiger partial charge in [-0.3, -0.25) is 9.59 Å². The molecular weight excluding hydrogens is 312 g/mol. The molecule has 6 rings (SSSR count). The molecule has 0 aromatic carbocycles. The number of hydrogen-bond donors (Lipinski definition) is 1. The average molecular weight is 338 g/mol. The Labute approximate surface area is 141 Å². The minimum atomic E-state index is -0.813. The fourth-order valence-electron chi connectivity index (χ4n) is 4.79.